The van der Waals surface area contributed by atoms with Crippen molar-refractivity contribution in [3.8, 4) is 5.75 Å². The van der Waals surface area contributed by atoms with E-state index in [0.29, 0.717) is 6.61 Å². The fourth-order valence-electron chi connectivity index (χ4n) is 2.08. The maximum atomic E-state index is 12.0. The number of benzene rings is 2. The van der Waals surface area contributed by atoms with Crippen LogP contribution in [0, 0.1) is 10.1 Å². The summed E-state index contributed by atoms with van der Waals surface area (Å²) in [6.07, 6.45) is 2.92. The highest BCUT2D eigenvalue weighted by Crippen LogP contribution is 2.27. The molecule has 140 valence electrons. The summed E-state index contributed by atoms with van der Waals surface area (Å²) >= 11 is 10.8. The molecule has 2 aromatic carbocycles. The first-order valence-corrected chi connectivity index (χ1v) is 8.64. The number of hydrogen-bond donors (Lipinski definition) is 2. The third-order valence-corrected chi connectivity index (χ3v) is 3.70. The minimum absolute atomic E-state index is 0.0678. The van der Waals surface area contributed by atoms with Crippen LogP contribution in [0.5, 0.6) is 5.75 Å². The van der Waals surface area contributed by atoms with E-state index in [2.05, 4.69) is 10.6 Å². The lowest BCUT2D eigenvalue weighted by Gasteiger charge is -2.08. The highest BCUT2D eigenvalue weighted by molar-refractivity contribution is 7.80. The van der Waals surface area contributed by atoms with Crippen molar-refractivity contribution in [3.63, 3.8) is 0 Å². The molecule has 0 radical (unpaired) electrons. The second-order valence-electron chi connectivity index (χ2n) is 5.20. The van der Waals surface area contributed by atoms with Gasteiger partial charge >= 0.3 is 0 Å². The number of hydrogen-bond acceptors (Lipinski definition) is 5. The molecule has 27 heavy (non-hydrogen) atoms. The van der Waals surface area contributed by atoms with Gasteiger partial charge in [-0.15, -0.1) is 0 Å². The van der Waals surface area contributed by atoms with Gasteiger partial charge in [0.25, 0.3) is 5.69 Å². The van der Waals surface area contributed by atoms with E-state index in [1.54, 1.807) is 18.2 Å². The van der Waals surface area contributed by atoms with Crippen LogP contribution >= 0.6 is 23.8 Å². The van der Waals surface area contributed by atoms with Crippen LogP contribution in [0.15, 0.2) is 48.5 Å². The predicted octanol–water partition coefficient (Wildman–Crippen LogP) is 4.17. The maximum absolute atomic E-state index is 12.0. The fourth-order valence-corrected chi connectivity index (χ4v) is 2.46. The van der Waals surface area contributed by atoms with E-state index in [4.69, 9.17) is 28.6 Å². The average molecular weight is 406 g/mol. The van der Waals surface area contributed by atoms with Gasteiger partial charge in [-0.1, -0.05) is 23.7 Å². The summed E-state index contributed by atoms with van der Waals surface area (Å²) in [6.45, 7) is 2.47. The molecule has 2 N–H and O–H groups in total. The summed E-state index contributed by atoms with van der Waals surface area (Å²) in [5.74, 6) is 0.270. The van der Waals surface area contributed by atoms with E-state index < -0.39 is 10.8 Å². The van der Waals surface area contributed by atoms with Crippen LogP contribution in [0.2, 0.25) is 5.02 Å². The number of anilines is 1. The van der Waals surface area contributed by atoms with Crippen LogP contribution in [-0.4, -0.2) is 22.5 Å². The number of nitrogens with zero attached hydrogens (tertiary/aromatic N) is 1. The lowest BCUT2D eigenvalue weighted by atomic mass is 10.2. The number of halogens is 1. The van der Waals surface area contributed by atoms with Gasteiger partial charge in [0, 0.05) is 17.2 Å². The Morgan fingerprint density at radius 3 is 2.63 bits per heavy atom. The third-order valence-electron chi connectivity index (χ3n) is 3.26. The van der Waals surface area contributed by atoms with Crippen LogP contribution < -0.4 is 15.4 Å². The Bertz CT molecular complexity index is 885. The molecule has 0 unspecified atom stereocenters. The molecular formula is C18H16ClN3O4S. The Kier molecular flexibility index (Phi) is 7.27. The fraction of sp³-hybridized carbons (Fsp3) is 0.111. The average Bonchev–Trinajstić information content (AvgIpc) is 2.62. The summed E-state index contributed by atoms with van der Waals surface area (Å²) in [5.41, 5.74) is 0.690. The Morgan fingerprint density at radius 1 is 1.30 bits per heavy atom. The van der Waals surface area contributed by atoms with Gasteiger partial charge in [0.05, 0.1) is 11.5 Å². The molecule has 7 nitrogen and oxygen atoms in total. The van der Waals surface area contributed by atoms with E-state index in [0.717, 1.165) is 11.3 Å². The van der Waals surface area contributed by atoms with Gasteiger partial charge in [0.1, 0.15) is 11.4 Å². The van der Waals surface area contributed by atoms with Crippen LogP contribution in [0.25, 0.3) is 6.08 Å². The SMILES string of the molecule is CCOc1ccc(/C=C/C(=O)NC(=S)Nc2ccc(Cl)cc2[N+](=O)[O-])cc1. The smallest absolute Gasteiger partial charge is 0.294 e. The number of ether oxygens (including phenoxy) is 1. The molecule has 0 aliphatic heterocycles. The molecule has 0 spiro atoms. The van der Waals surface area contributed by atoms with Gasteiger partial charge in [-0.25, -0.2) is 0 Å². The van der Waals surface area contributed by atoms with Crippen LogP contribution in [0.3, 0.4) is 0 Å². The van der Waals surface area contributed by atoms with Gasteiger partial charge in [-0.2, -0.15) is 0 Å². The van der Waals surface area contributed by atoms with Crippen molar-refractivity contribution in [2.75, 3.05) is 11.9 Å². The van der Waals surface area contributed by atoms with Crippen molar-refractivity contribution in [1.29, 1.82) is 0 Å². The standard InChI is InChI=1S/C18H16ClN3O4S/c1-2-26-14-7-3-12(4-8-14)5-10-17(23)21-18(27)20-15-9-6-13(19)11-16(15)22(24)25/h3-11H,2H2,1H3,(H2,20,21,23,27)/b10-5+. The molecule has 0 aromatic heterocycles. The molecule has 0 fully saturated rings. The number of carbonyl (C=O) groups excluding carboxylic acids is 1. The second-order valence-corrected chi connectivity index (χ2v) is 6.04. The zero-order valence-electron chi connectivity index (χ0n) is 14.3. The van der Waals surface area contributed by atoms with E-state index in [1.165, 1.54) is 24.3 Å². The highest BCUT2D eigenvalue weighted by Gasteiger charge is 2.15. The lowest BCUT2D eigenvalue weighted by Crippen LogP contribution is -2.33. The highest BCUT2D eigenvalue weighted by atomic mass is 35.5. The zero-order chi connectivity index (χ0) is 19.8. The number of thiocarbonyl (C=S) groups is 1. The number of amides is 1. The molecule has 0 aliphatic rings. The predicted molar refractivity (Wildman–Crippen MR) is 109 cm³/mol. The monoisotopic (exact) mass is 405 g/mol. The molecule has 1 amide bonds. The van der Waals surface area contributed by atoms with Crippen molar-refractivity contribution in [2.24, 2.45) is 0 Å². The van der Waals surface area contributed by atoms with Gasteiger partial charge in [0.2, 0.25) is 5.91 Å². The molecule has 0 aliphatic carbocycles. The van der Waals surface area contributed by atoms with Crippen molar-refractivity contribution in [2.45, 2.75) is 6.92 Å². The van der Waals surface area contributed by atoms with Gasteiger partial charge in [0.15, 0.2) is 5.11 Å². The van der Waals surface area contributed by atoms with Gasteiger partial charge < -0.3 is 10.1 Å². The number of nitro benzene ring substituents is 1. The molecule has 2 aromatic rings. The summed E-state index contributed by atoms with van der Waals surface area (Å²) < 4.78 is 5.34. The molecule has 2 rings (SSSR count). The Morgan fingerprint density at radius 2 is 2.00 bits per heavy atom. The molecule has 0 bridgehead atoms. The normalized spacial score (nSPS) is 10.4. The Balaban J connectivity index is 1.96. The first kappa shape index (κ1) is 20.3. The second kappa shape index (κ2) is 9.65. The Labute approximate surface area is 166 Å². The topological polar surface area (TPSA) is 93.5 Å². The molecule has 9 heteroatoms. The van der Waals surface area contributed by atoms with E-state index in [-0.39, 0.29) is 21.5 Å². The number of carbonyl (C=O) groups is 1. The van der Waals surface area contributed by atoms with Crippen molar-refractivity contribution in [1.82, 2.24) is 5.32 Å². The van der Waals surface area contributed by atoms with Gasteiger partial charge in [-0.05, 0) is 55.0 Å². The maximum Gasteiger partial charge on any atom is 0.294 e. The lowest BCUT2D eigenvalue weighted by molar-refractivity contribution is -0.383. The number of nitro groups is 1. The van der Waals surface area contributed by atoms with Crippen molar-refractivity contribution < 1.29 is 14.5 Å². The van der Waals surface area contributed by atoms with E-state index in [9.17, 15) is 14.9 Å². The summed E-state index contributed by atoms with van der Waals surface area (Å²) in [7, 11) is 0. The first-order valence-electron chi connectivity index (χ1n) is 7.86. The molecule has 0 saturated carbocycles. The molecule has 0 saturated heterocycles. The molecule has 0 heterocycles. The van der Waals surface area contributed by atoms with Crippen LogP contribution in [0.4, 0.5) is 11.4 Å². The quantitative estimate of drug-likeness (QED) is 0.324. The summed E-state index contributed by atoms with van der Waals surface area (Å²) in [5, 5.41) is 16.3. The van der Waals surface area contributed by atoms with Crippen LogP contribution in [0.1, 0.15) is 12.5 Å². The third kappa shape index (κ3) is 6.36. The number of rotatable bonds is 6. The van der Waals surface area contributed by atoms with Crippen LogP contribution in [-0.2, 0) is 4.79 Å². The zero-order valence-corrected chi connectivity index (χ0v) is 15.8. The molecule has 0 atom stereocenters. The van der Waals surface area contributed by atoms with E-state index in [1.807, 2.05) is 19.1 Å². The van der Waals surface area contributed by atoms with Gasteiger partial charge in [-0.3, -0.25) is 20.2 Å². The minimum Gasteiger partial charge on any atom is -0.494 e. The van der Waals surface area contributed by atoms with Crippen molar-refractivity contribution >= 4 is 52.3 Å². The first-order chi connectivity index (χ1) is 12.9. The Hall–Kier alpha value is -2.97. The largest absolute Gasteiger partial charge is 0.494 e. The summed E-state index contributed by atoms with van der Waals surface area (Å²) in [4.78, 5) is 22.4. The number of nitrogens with one attached hydrogen (secondary N) is 2. The molecular weight excluding hydrogens is 390 g/mol. The van der Waals surface area contributed by atoms with E-state index >= 15 is 0 Å². The summed E-state index contributed by atoms with van der Waals surface area (Å²) in [6, 6.07) is 11.3. The van der Waals surface area contributed by atoms with Crippen molar-refractivity contribution in [3.05, 3.63) is 69.2 Å². The minimum atomic E-state index is -0.593.